The number of carbonyl (C=O) groups excluding carboxylic acids is 1. The van der Waals surface area contributed by atoms with Crippen LogP contribution in [0.4, 0.5) is 0 Å². The van der Waals surface area contributed by atoms with E-state index in [0.717, 1.165) is 19.3 Å². The van der Waals surface area contributed by atoms with Gasteiger partial charge in [0.1, 0.15) is 5.78 Å². The average Bonchev–Trinajstić information content (AvgIpc) is 2.11. The lowest BCUT2D eigenvalue weighted by molar-refractivity contribution is -0.121. The molecule has 1 saturated carbocycles. The van der Waals surface area contributed by atoms with Gasteiger partial charge in [0, 0.05) is 6.42 Å². The van der Waals surface area contributed by atoms with Gasteiger partial charge in [0.05, 0.1) is 6.04 Å². The van der Waals surface area contributed by atoms with Crippen molar-refractivity contribution in [2.45, 2.75) is 31.7 Å². The van der Waals surface area contributed by atoms with Crippen LogP contribution in [0.1, 0.15) is 25.7 Å². The van der Waals surface area contributed by atoms with Crippen molar-refractivity contribution in [1.82, 2.24) is 0 Å². The molecule has 0 bridgehead atoms. The molecule has 1 aliphatic carbocycles. The van der Waals surface area contributed by atoms with Crippen LogP contribution in [-0.4, -0.2) is 11.8 Å². The van der Waals surface area contributed by atoms with Crippen molar-refractivity contribution >= 4 is 5.78 Å². The summed E-state index contributed by atoms with van der Waals surface area (Å²) in [6.45, 7) is 6.72. The minimum absolute atomic E-state index is 0.135. The van der Waals surface area contributed by atoms with Gasteiger partial charge < -0.3 is 5.73 Å². The maximum absolute atomic E-state index is 10.7. The molecule has 0 aromatic heterocycles. The zero-order chi connectivity index (χ0) is 9.40. The van der Waals surface area contributed by atoms with Crippen LogP contribution in [0.3, 0.4) is 0 Å². The van der Waals surface area contributed by atoms with Crippen molar-refractivity contribution in [3.63, 3.8) is 0 Å². The molecule has 2 nitrogen and oxygen atoms in total. The van der Waals surface area contributed by atoms with Gasteiger partial charge in [-0.3, -0.25) is 4.79 Å². The molecule has 1 aliphatic rings. The van der Waals surface area contributed by atoms with Crippen LogP contribution in [-0.2, 0) is 4.79 Å². The van der Waals surface area contributed by atoms with Gasteiger partial charge in [-0.15, -0.1) is 0 Å². The zero-order valence-corrected chi connectivity index (χ0v) is 7.46. The molecule has 0 aromatic rings. The summed E-state index contributed by atoms with van der Waals surface area (Å²) in [6.07, 6.45) is 7.07. The Morgan fingerprint density at radius 1 is 1.33 bits per heavy atom. The van der Waals surface area contributed by atoms with Gasteiger partial charge >= 0.3 is 0 Å². The third-order valence-corrected chi connectivity index (χ3v) is 1.77. The first-order valence-corrected chi connectivity index (χ1v) is 4.24. The van der Waals surface area contributed by atoms with E-state index >= 15 is 0 Å². The van der Waals surface area contributed by atoms with Crippen molar-refractivity contribution in [2.24, 2.45) is 5.73 Å². The number of allylic oxidation sites excluding steroid dienone is 2. The molecule has 1 rings (SSSR count). The van der Waals surface area contributed by atoms with Gasteiger partial charge in [-0.05, 0) is 12.8 Å². The Kier molecular flexibility index (Phi) is 6.29. The molecule has 0 amide bonds. The van der Waals surface area contributed by atoms with Crippen LogP contribution in [0, 0.1) is 0 Å². The van der Waals surface area contributed by atoms with Crippen molar-refractivity contribution in [2.75, 3.05) is 0 Å². The number of carbonyl (C=O) groups is 1. The van der Waals surface area contributed by atoms with E-state index in [-0.39, 0.29) is 11.8 Å². The molecule has 12 heavy (non-hydrogen) atoms. The van der Waals surface area contributed by atoms with Crippen molar-refractivity contribution in [3.05, 3.63) is 25.3 Å². The Morgan fingerprint density at radius 2 is 1.92 bits per heavy atom. The molecule has 0 aliphatic heterocycles. The Hall–Kier alpha value is -0.890. The fourth-order valence-corrected chi connectivity index (χ4v) is 1.01. The quantitative estimate of drug-likeness (QED) is 0.605. The Labute approximate surface area is 74.1 Å². The summed E-state index contributed by atoms with van der Waals surface area (Å²) in [7, 11) is 0. The second-order valence-corrected chi connectivity index (χ2v) is 2.79. The van der Waals surface area contributed by atoms with Crippen LogP contribution >= 0.6 is 0 Å². The molecule has 0 radical (unpaired) electrons. The SMILES string of the molecule is C=CC=C.NC1CCCCC1=O. The fourth-order valence-electron chi connectivity index (χ4n) is 1.01. The summed E-state index contributed by atoms with van der Waals surface area (Å²) in [5.41, 5.74) is 5.43. The van der Waals surface area contributed by atoms with E-state index in [2.05, 4.69) is 13.2 Å². The average molecular weight is 167 g/mol. The highest BCUT2D eigenvalue weighted by molar-refractivity contribution is 5.84. The molecule has 0 saturated heterocycles. The second-order valence-electron chi connectivity index (χ2n) is 2.79. The standard InChI is InChI=1S/C6H11NO.C4H6/c7-5-3-1-2-4-6(5)8;1-3-4-2/h5H,1-4,7H2;3-4H,1-2H2. The maximum atomic E-state index is 10.7. The summed E-state index contributed by atoms with van der Waals surface area (Å²) in [6, 6.07) is -0.135. The molecular formula is C10H17NO. The van der Waals surface area contributed by atoms with Gasteiger partial charge in [0.15, 0.2) is 0 Å². The predicted octanol–water partition coefficient (Wildman–Crippen LogP) is 1.82. The maximum Gasteiger partial charge on any atom is 0.149 e. The highest BCUT2D eigenvalue weighted by Gasteiger charge is 2.16. The summed E-state index contributed by atoms with van der Waals surface area (Å²) in [5.74, 6) is 0.247. The summed E-state index contributed by atoms with van der Waals surface area (Å²) in [5, 5.41) is 0. The lowest BCUT2D eigenvalue weighted by atomic mass is 9.95. The van der Waals surface area contributed by atoms with Crippen LogP contribution in [0.25, 0.3) is 0 Å². The molecule has 1 unspecified atom stereocenters. The van der Waals surface area contributed by atoms with E-state index in [1.807, 2.05) is 0 Å². The highest BCUT2D eigenvalue weighted by atomic mass is 16.1. The smallest absolute Gasteiger partial charge is 0.149 e. The molecule has 68 valence electrons. The van der Waals surface area contributed by atoms with E-state index in [1.165, 1.54) is 0 Å². The Balaban J connectivity index is 0.000000261. The van der Waals surface area contributed by atoms with Crippen LogP contribution < -0.4 is 5.73 Å². The normalized spacial score (nSPS) is 22.1. The summed E-state index contributed by atoms with van der Waals surface area (Å²) in [4.78, 5) is 10.7. The van der Waals surface area contributed by atoms with Crippen LogP contribution in [0.5, 0.6) is 0 Å². The molecule has 0 heterocycles. The fraction of sp³-hybridized carbons (Fsp3) is 0.500. The number of rotatable bonds is 1. The highest BCUT2D eigenvalue weighted by Crippen LogP contribution is 2.11. The van der Waals surface area contributed by atoms with E-state index in [9.17, 15) is 4.79 Å². The van der Waals surface area contributed by atoms with E-state index in [1.54, 1.807) is 12.2 Å². The molecular weight excluding hydrogens is 150 g/mol. The monoisotopic (exact) mass is 167 g/mol. The number of Topliss-reactive ketones (excluding diaryl/α,β-unsaturated/α-hetero) is 1. The third kappa shape index (κ3) is 4.85. The van der Waals surface area contributed by atoms with Gasteiger partial charge in [0.25, 0.3) is 0 Å². The van der Waals surface area contributed by atoms with Crippen LogP contribution in [0.2, 0.25) is 0 Å². The van der Waals surface area contributed by atoms with Crippen molar-refractivity contribution in [3.8, 4) is 0 Å². The summed E-state index contributed by atoms with van der Waals surface area (Å²) < 4.78 is 0. The van der Waals surface area contributed by atoms with Crippen molar-refractivity contribution in [1.29, 1.82) is 0 Å². The molecule has 2 N–H and O–H groups in total. The van der Waals surface area contributed by atoms with E-state index in [0.29, 0.717) is 6.42 Å². The Morgan fingerprint density at radius 3 is 2.17 bits per heavy atom. The topological polar surface area (TPSA) is 43.1 Å². The van der Waals surface area contributed by atoms with Crippen LogP contribution in [0.15, 0.2) is 25.3 Å². The zero-order valence-electron chi connectivity index (χ0n) is 7.46. The molecule has 1 fully saturated rings. The number of hydrogen-bond donors (Lipinski definition) is 1. The van der Waals surface area contributed by atoms with Gasteiger partial charge in [-0.25, -0.2) is 0 Å². The Bertz CT molecular complexity index is 157. The number of ketones is 1. The second kappa shape index (κ2) is 6.80. The third-order valence-electron chi connectivity index (χ3n) is 1.77. The lowest BCUT2D eigenvalue weighted by Crippen LogP contribution is -2.32. The van der Waals surface area contributed by atoms with E-state index in [4.69, 9.17) is 5.73 Å². The molecule has 2 heteroatoms. The van der Waals surface area contributed by atoms with Crippen molar-refractivity contribution < 1.29 is 4.79 Å². The number of nitrogens with two attached hydrogens (primary N) is 1. The first-order valence-electron chi connectivity index (χ1n) is 4.24. The predicted molar refractivity (Wildman–Crippen MR) is 51.8 cm³/mol. The minimum Gasteiger partial charge on any atom is -0.322 e. The first kappa shape index (κ1) is 11.1. The molecule has 1 atom stereocenters. The minimum atomic E-state index is -0.135. The molecule has 0 aromatic carbocycles. The molecule has 0 spiro atoms. The largest absolute Gasteiger partial charge is 0.322 e. The van der Waals surface area contributed by atoms with Gasteiger partial charge in [0.2, 0.25) is 0 Å². The van der Waals surface area contributed by atoms with Gasteiger partial charge in [-0.2, -0.15) is 0 Å². The first-order chi connectivity index (χ1) is 5.72. The van der Waals surface area contributed by atoms with Gasteiger partial charge in [-0.1, -0.05) is 31.7 Å². The summed E-state index contributed by atoms with van der Waals surface area (Å²) >= 11 is 0. The number of hydrogen-bond acceptors (Lipinski definition) is 2. The van der Waals surface area contributed by atoms with E-state index < -0.39 is 0 Å². The lowest BCUT2D eigenvalue weighted by Gasteiger charge is -2.14.